The first-order chi connectivity index (χ1) is 16.7. The Morgan fingerprint density at radius 3 is 2.33 bits per heavy atom. The van der Waals surface area contributed by atoms with Crippen LogP contribution in [0.5, 0.6) is 0 Å². The summed E-state index contributed by atoms with van der Waals surface area (Å²) in [6.45, 7) is 1.09. The molecule has 36 heavy (non-hydrogen) atoms. The Morgan fingerprint density at radius 2 is 1.89 bits per heavy atom. The van der Waals surface area contributed by atoms with Gasteiger partial charge in [0.1, 0.15) is 30.3 Å². The smallest absolute Gasteiger partial charge is 0.394 e. The van der Waals surface area contributed by atoms with Crippen LogP contribution >= 0.6 is 15.6 Å². The predicted molar refractivity (Wildman–Crippen MR) is 123 cm³/mol. The minimum atomic E-state index is -5.05. The summed E-state index contributed by atoms with van der Waals surface area (Å²) in [5.41, 5.74) is 6.08. The molecule has 1 aromatic heterocycles. The highest BCUT2D eigenvalue weighted by Crippen LogP contribution is 2.53. The van der Waals surface area contributed by atoms with Crippen molar-refractivity contribution in [3.8, 4) is 0 Å². The number of fused-ring (bicyclic) bond motifs is 1. The van der Waals surface area contributed by atoms with Gasteiger partial charge >= 0.3 is 15.6 Å². The zero-order chi connectivity index (χ0) is 27.0. The van der Waals surface area contributed by atoms with E-state index in [4.69, 9.17) is 34.8 Å². The Bertz CT molecular complexity index is 1120. The summed E-state index contributed by atoms with van der Waals surface area (Å²) < 4.78 is 34.5. The number of aliphatic hydroxyl groups excluding tert-OH is 2. The molecule has 1 fully saturated rings. The monoisotopic (exact) mass is 559 g/mol. The molecule has 3 aliphatic heterocycles. The number of nitrogens with zero attached hydrogens (tertiary/aromatic N) is 6. The summed E-state index contributed by atoms with van der Waals surface area (Å²) in [6.07, 6.45) is -1.66. The second-order valence-corrected chi connectivity index (χ2v) is 10.4. The fourth-order valence-electron chi connectivity index (χ4n) is 3.93. The Labute approximate surface area is 203 Å². The van der Waals surface area contributed by atoms with Crippen LogP contribution in [0.15, 0.2) is 9.79 Å². The fourth-order valence-corrected chi connectivity index (χ4v) is 5.04. The Kier molecular flexibility index (Phi) is 8.43. The van der Waals surface area contributed by atoms with Crippen molar-refractivity contribution in [3.05, 3.63) is 10.4 Å². The molecule has 0 bridgehead atoms. The molecule has 0 aliphatic carbocycles. The molecule has 0 amide bonds. The summed E-state index contributed by atoms with van der Waals surface area (Å²) in [5, 5.41) is 21.7. The maximum Gasteiger partial charge on any atom is 0.478 e. The Balaban J connectivity index is 0.000000345. The van der Waals surface area contributed by atoms with Gasteiger partial charge in [0.05, 0.1) is 26.4 Å². The van der Waals surface area contributed by atoms with E-state index in [0.717, 1.165) is 0 Å². The van der Waals surface area contributed by atoms with E-state index in [1.54, 1.807) is 28.2 Å². The lowest BCUT2D eigenvalue weighted by Gasteiger charge is -2.28. The standard InChI is InChI=1S/C15H23N7O5.H4O7P2/c1-19-7-21(14-10(24)11(26-2)8(5-23)27-14)12-9(19)13(25)22(15(16)18-12)20-4-3-17-6-20;1-8(2,3)7-9(4,5)6/h6,8,10-11,14,23-24H,3-5,7H2,1-2H3,(H2,16,18);(H2,1,2,3)(H2,4,5,6)/t8-,10-,11-,14-;/m1./s1. The molecule has 0 unspecified atom stereocenters. The van der Waals surface area contributed by atoms with E-state index in [1.165, 1.54) is 11.8 Å². The molecule has 0 spiro atoms. The number of hydrogen-bond acceptors (Lipinski definition) is 14. The normalized spacial score (nSPS) is 25.8. The first-order valence-electron chi connectivity index (χ1n) is 10.1. The number of hydrogen-bond donors (Lipinski definition) is 7. The van der Waals surface area contributed by atoms with Crippen molar-refractivity contribution in [2.45, 2.75) is 24.5 Å². The third-order valence-electron chi connectivity index (χ3n) is 5.27. The molecule has 19 nitrogen and oxygen atoms in total. The second-order valence-electron chi connectivity index (χ2n) is 7.75. The number of nitrogen functional groups attached to an aromatic ring is 1. The summed E-state index contributed by atoms with van der Waals surface area (Å²) >= 11 is 0. The number of rotatable bonds is 6. The maximum atomic E-state index is 13.1. The van der Waals surface area contributed by atoms with Crippen LogP contribution in [0.25, 0.3) is 0 Å². The van der Waals surface area contributed by atoms with Crippen LogP contribution in [-0.4, -0.2) is 111 Å². The summed E-state index contributed by atoms with van der Waals surface area (Å²) in [4.78, 5) is 55.9. The first kappa shape index (κ1) is 28.4. The van der Waals surface area contributed by atoms with E-state index in [0.29, 0.717) is 24.6 Å². The highest BCUT2D eigenvalue weighted by molar-refractivity contribution is 7.60. The lowest BCUT2D eigenvalue weighted by Crippen LogP contribution is -2.46. The van der Waals surface area contributed by atoms with Gasteiger partial charge < -0.3 is 54.8 Å². The molecule has 4 heterocycles. The molecule has 204 valence electrons. The molecular weight excluding hydrogens is 532 g/mol. The summed E-state index contributed by atoms with van der Waals surface area (Å²) in [5.74, 6) is 0.340. The maximum absolute atomic E-state index is 13.1. The number of aromatic nitrogens is 2. The third-order valence-corrected chi connectivity index (χ3v) is 6.98. The van der Waals surface area contributed by atoms with Crippen LogP contribution in [0.4, 0.5) is 17.5 Å². The lowest BCUT2D eigenvalue weighted by molar-refractivity contribution is -0.0360. The van der Waals surface area contributed by atoms with Crippen LogP contribution in [0.3, 0.4) is 0 Å². The van der Waals surface area contributed by atoms with Crippen molar-refractivity contribution in [1.82, 2.24) is 9.66 Å². The second kappa shape index (κ2) is 10.7. The zero-order valence-electron chi connectivity index (χ0n) is 19.0. The quantitative estimate of drug-likeness (QED) is 0.165. The molecule has 3 aliphatic rings. The number of ether oxygens (including phenoxy) is 2. The molecule has 4 atom stereocenters. The number of aliphatic imine (C=N–C) groups is 1. The molecule has 1 aromatic rings. The molecule has 8 N–H and O–H groups in total. The predicted octanol–water partition coefficient (Wildman–Crippen LogP) is -3.70. The van der Waals surface area contributed by atoms with Gasteiger partial charge in [-0.15, -0.1) is 0 Å². The van der Waals surface area contributed by atoms with Crippen LogP contribution in [0.2, 0.25) is 0 Å². The average Bonchev–Trinajstić information content (AvgIpc) is 3.44. The van der Waals surface area contributed by atoms with E-state index in [9.17, 15) is 24.1 Å². The number of phosphoric acid groups is 2. The van der Waals surface area contributed by atoms with Crippen molar-refractivity contribution in [1.29, 1.82) is 0 Å². The van der Waals surface area contributed by atoms with Gasteiger partial charge in [0.15, 0.2) is 12.0 Å². The summed E-state index contributed by atoms with van der Waals surface area (Å²) in [7, 11) is -6.91. The minimum absolute atomic E-state index is 0.0156. The Hall–Kier alpha value is -2.15. The zero-order valence-corrected chi connectivity index (χ0v) is 20.8. The number of nitrogens with two attached hydrogens (primary N) is 1. The van der Waals surface area contributed by atoms with Gasteiger partial charge in [-0.2, -0.15) is 14.0 Å². The van der Waals surface area contributed by atoms with E-state index < -0.39 is 40.2 Å². The van der Waals surface area contributed by atoms with Gasteiger partial charge in [-0.05, 0) is 0 Å². The highest BCUT2D eigenvalue weighted by atomic mass is 31.3. The van der Waals surface area contributed by atoms with Crippen molar-refractivity contribution in [2.24, 2.45) is 4.99 Å². The molecule has 1 saturated heterocycles. The van der Waals surface area contributed by atoms with Crippen molar-refractivity contribution < 1.29 is 52.7 Å². The van der Waals surface area contributed by atoms with Gasteiger partial charge in [-0.3, -0.25) is 14.8 Å². The minimum Gasteiger partial charge on any atom is -0.394 e. The molecule has 0 saturated carbocycles. The molecule has 0 aromatic carbocycles. The van der Waals surface area contributed by atoms with Gasteiger partial charge in [0.2, 0.25) is 5.95 Å². The van der Waals surface area contributed by atoms with Crippen LogP contribution in [0, 0.1) is 0 Å². The summed E-state index contributed by atoms with van der Waals surface area (Å²) in [6, 6.07) is 0. The van der Waals surface area contributed by atoms with E-state index in [1.807, 2.05) is 0 Å². The number of anilines is 3. The van der Waals surface area contributed by atoms with Crippen LogP contribution in [-0.2, 0) is 22.9 Å². The fraction of sp³-hybridized carbons (Fsp3) is 0.667. The average molecular weight is 559 g/mol. The largest absolute Gasteiger partial charge is 0.478 e. The number of aliphatic hydroxyl groups is 2. The Morgan fingerprint density at radius 1 is 1.25 bits per heavy atom. The van der Waals surface area contributed by atoms with Gasteiger partial charge in [-0.25, -0.2) is 9.13 Å². The molecular formula is C15H27N7O12P2. The topological polar surface area (TPSA) is 266 Å². The van der Waals surface area contributed by atoms with Crippen LogP contribution < -0.4 is 26.1 Å². The number of methoxy groups -OCH3 is 1. The van der Waals surface area contributed by atoms with Gasteiger partial charge in [0, 0.05) is 14.2 Å². The van der Waals surface area contributed by atoms with E-state index in [2.05, 4.69) is 14.3 Å². The van der Waals surface area contributed by atoms with Crippen LogP contribution in [0.1, 0.15) is 0 Å². The molecule has 4 rings (SSSR count). The third kappa shape index (κ3) is 6.04. The SMILES string of the molecule is CO[C@H]1[C@@H](O)[C@H](N2CN(C)c3c2nc(N)n(N2C=NCC2)c3=O)O[C@@H]1CO.O=P(O)(O)OP(=O)(O)O. The highest BCUT2D eigenvalue weighted by Gasteiger charge is 2.49. The van der Waals surface area contributed by atoms with Gasteiger partial charge in [0.25, 0.3) is 5.56 Å². The van der Waals surface area contributed by atoms with E-state index in [-0.39, 0.29) is 24.8 Å². The van der Waals surface area contributed by atoms with E-state index >= 15 is 0 Å². The lowest BCUT2D eigenvalue weighted by atomic mass is 10.1. The van der Waals surface area contributed by atoms with Crippen molar-refractivity contribution >= 4 is 39.4 Å². The van der Waals surface area contributed by atoms with Crippen molar-refractivity contribution in [3.63, 3.8) is 0 Å². The van der Waals surface area contributed by atoms with Gasteiger partial charge in [-0.1, -0.05) is 0 Å². The molecule has 0 radical (unpaired) electrons. The molecule has 21 heteroatoms. The van der Waals surface area contributed by atoms with Crippen molar-refractivity contribution in [2.75, 3.05) is 61.1 Å². The first-order valence-corrected chi connectivity index (χ1v) is 13.2.